The Labute approximate surface area is 80.0 Å². The molecule has 0 unspecified atom stereocenters. The first-order valence-electron chi connectivity index (χ1n) is 4.75. The molecule has 0 aliphatic carbocycles. The third kappa shape index (κ3) is 2.72. The summed E-state index contributed by atoms with van der Waals surface area (Å²) >= 11 is 0. The number of hydrogen-bond acceptors (Lipinski definition) is 2. The maximum atomic E-state index is 5.44. The molecule has 0 bridgehead atoms. The van der Waals surface area contributed by atoms with E-state index in [0.717, 1.165) is 17.1 Å². The van der Waals surface area contributed by atoms with Crippen LogP contribution in [0.1, 0.15) is 38.1 Å². The minimum absolute atomic E-state index is 0.458. The molecule has 0 amide bonds. The Kier molecular flexibility index (Phi) is 3.29. The van der Waals surface area contributed by atoms with Gasteiger partial charge in [-0.3, -0.25) is 4.98 Å². The fourth-order valence-corrected chi connectivity index (χ4v) is 1.21. The van der Waals surface area contributed by atoms with Crippen molar-refractivity contribution in [2.24, 2.45) is 0 Å². The predicted molar refractivity (Wildman–Crippen MR) is 54.2 cm³/mol. The Morgan fingerprint density at radius 2 is 2.08 bits per heavy atom. The highest BCUT2D eigenvalue weighted by Crippen LogP contribution is 2.19. The van der Waals surface area contributed by atoms with Gasteiger partial charge >= 0.3 is 0 Å². The number of aryl methyl sites for hydroxylation is 1. The van der Waals surface area contributed by atoms with E-state index in [0.29, 0.717) is 12.5 Å². The summed E-state index contributed by atoms with van der Waals surface area (Å²) in [4.78, 5) is 4.44. The van der Waals surface area contributed by atoms with Crippen LogP contribution in [0.5, 0.6) is 5.75 Å². The smallest absolute Gasteiger partial charge is 0.122 e. The molecule has 2 heteroatoms. The first-order chi connectivity index (χ1) is 6.13. The molecule has 1 aromatic rings. The van der Waals surface area contributed by atoms with Gasteiger partial charge in [0, 0.05) is 23.5 Å². The summed E-state index contributed by atoms with van der Waals surface area (Å²) in [6, 6.07) is 3.98. The van der Waals surface area contributed by atoms with Crippen molar-refractivity contribution in [1.29, 1.82) is 0 Å². The van der Waals surface area contributed by atoms with Crippen molar-refractivity contribution in [2.45, 2.75) is 33.6 Å². The zero-order chi connectivity index (χ0) is 9.84. The summed E-state index contributed by atoms with van der Waals surface area (Å²) in [5, 5.41) is 0. The Morgan fingerprint density at radius 1 is 1.38 bits per heavy atom. The molecule has 1 heterocycles. The van der Waals surface area contributed by atoms with Crippen LogP contribution >= 0.6 is 0 Å². The SMILES string of the molecule is CCOc1cc(C)nc(C(C)C)c1. The van der Waals surface area contributed by atoms with Crippen molar-refractivity contribution >= 4 is 0 Å². The van der Waals surface area contributed by atoms with Gasteiger partial charge in [-0.05, 0) is 19.8 Å². The first kappa shape index (κ1) is 10.0. The van der Waals surface area contributed by atoms with Gasteiger partial charge in [0.1, 0.15) is 5.75 Å². The van der Waals surface area contributed by atoms with Crippen molar-refractivity contribution in [2.75, 3.05) is 6.61 Å². The van der Waals surface area contributed by atoms with E-state index in [9.17, 15) is 0 Å². The van der Waals surface area contributed by atoms with Gasteiger partial charge in [0.25, 0.3) is 0 Å². The molecule has 0 radical (unpaired) electrons. The molecule has 13 heavy (non-hydrogen) atoms. The number of pyridine rings is 1. The van der Waals surface area contributed by atoms with Crippen LogP contribution in [0.3, 0.4) is 0 Å². The minimum Gasteiger partial charge on any atom is -0.494 e. The van der Waals surface area contributed by atoms with Gasteiger partial charge in [-0.1, -0.05) is 13.8 Å². The summed E-state index contributed by atoms with van der Waals surface area (Å²) in [5.74, 6) is 1.39. The quantitative estimate of drug-likeness (QED) is 0.711. The van der Waals surface area contributed by atoms with E-state index in [2.05, 4.69) is 18.8 Å². The van der Waals surface area contributed by atoms with Gasteiger partial charge in [-0.2, -0.15) is 0 Å². The highest BCUT2D eigenvalue weighted by atomic mass is 16.5. The molecule has 72 valence electrons. The Morgan fingerprint density at radius 3 is 2.62 bits per heavy atom. The van der Waals surface area contributed by atoms with Gasteiger partial charge in [-0.15, -0.1) is 0 Å². The number of aromatic nitrogens is 1. The average Bonchev–Trinajstić information content (AvgIpc) is 2.03. The van der Waals surface area contributed by atoms with Crippen molar-refractivity contribution in [1.82, 2.24) is 4.98 Å². The molecular formula is C11H17NO. The van der Waals surface area contributed by atoms with Crippen LogP contribution < -0.4 is 4.74 Å². The number of rotatable bonds is 3. The molecule has 1 rings (SSSR count). The van der Waals surface area contributed by atoms with Crippen molar-refractivity contribution < 1.29 is 4.74 Å². The van der Waals surface area contributed by atoms with Crippen molar-refractivity contribution in [3.63, 3.8) is 0 Å². The van der Waals surface area contributed by atoms with E-state index in [1.54, 1.807) is 0 Å². The number of hydrogen-bond donors (Lipinski definition) is 0. The highest BCUT2D eigenvalue weighted by Gasteiger charge is 2.04. The zero-order valence-corrected chi connectivity index (χ0v) is 8.79. The van der Waals surface area contributed by atoms with Crippen molar-refractivity contribution in [3.8, 4) is 5.75 Å². The van der Waals surface area contributed by atoms with Crippen molar-refractivity contribution in [3.05, 3.63) is 23.5 Å². The molecule has 0 fully saturated rings. The first-order valence-corrected chi connectivity index (χ1v) is 4.75. The summed E-state index contributed by atoms with van der Waals surface area (Å²) in [6.07, 6.45) is 0. The Balaban J connectivity index is 2.96. The molecule has 0 spiro atoms. The van der Waals surface area contributed by atoms with Crippen LogP contribution in [0.25, 0.3) is 0 Å². The molecule has 0 saturated carbocycles. The van der Waals surface area contributed by atoms with Crippen LogP contribution in [0.15, 0.2) is 12.1 Å². The molecule has 0 aromatic carbocycles. The second kappa shape index (κ2) is 4.26. The lowest BCUT2D eigenvalue weighted by molar-refractivity contribution is 0.339. The summed E-state index contributed by atoms with van der Waals surface area (Å²) in [7, 11) is 0. The Hall–Kier alpha value is -1.05. The van der Waals surface area contributed by atoms with Crippen LogP contribution in [-0.2, 0) is 0 Å². The van der Waals surface area contributed by atoms with Gasteiger partial charge < -0.3 is 4.74 Å². The van der Waals surface area contributed by atoms with E-state index >= 15 is 0 Å². The van der Waals surface area contributed by atoms with Gasteiger partial charge in [-0.25, -0.2) is 0 Å². The topological polar surface area (TPSA) is 22.1 Å². The van der Waals surface area contributed by atoms with E-state index < -0.39 is 0 Å². The zero-order valence-electron chi connectivity index (χ0n) is 8.79. The number of ether oxygens (including phenoxy) is 1. The standard InChI is InChI=1S/C11H17NO/c1-5-13-10-6-9(4)12-11(7-10)8(2)3/h6-8H,5H2,1-4H3. The third-order valence-corrected chi connectivity index (χ3v) is 1.85. The average molecular weight is 179 g/mol. The summed E-state index contributed by atoms with van der Waals surface area (Å²) < 4.78 is 5.44. The molecule has 2 nitrogen and oxygen atoms in total. The maximum absolute atomic E-state index is 5.44. The Bertz CT molecular complexity index is 281. The normalized spacial score (nSPS) is 10.5. The largest absolute Gasteiger partial charge is 0.494 e. The molecule has 0 atom stereocenters. The second-order valence-electron chi connectivity index (χ2n) is 3.46. The van der Waals surface area contributed by atoms with Crippen LogP contribution in [-0.4, -0.2) is 11.6 Å². The van der Waals surface area contributed by atoms with E-state index in [-0.39, 0.29) is 0 Å². The molecular weight excluding hydrogens is 162 g/mol. The fourth-order valence-electron chi connectivity index (χ4n) is 1.21. The minimum atomic E-state index is 0.458. The lowest BCUT2D eigenvalue weighted by atomic mass is 10.1. The van der Waals surface area contributed by atoms with E-state index in [1.807, 2.05) is 26.0 Å². The van der Waals surface area contributed by atoms with Crippen LogP contribution in [0.4, 0.5) is 0 Å². The lowest BCUT2D eigenvalue weighted by Gasteiger charge is -2.09. The second-order valence-corrected chi connectivity index (χ2v) is 3.46. The van der Waals surface area contributed by atoms with E-state index in [1.165, 1.54) is 0 Å². The third-order valence-electron chi connectivity index (χ3n) is 1.85. The molecule has 0 N–H and O–H groups in total. The predicted octanol–water partition coefficient (Wildman–Crippen LogP) is 2.91. The number of nitrogens with zero attached hydrogens (tertiary/aromatic N) is 1. The fraction of sp³-hybridized carbons (Fsp3) is 0.545. The van der Waals surface area contributed by atoms with Gasteiger partial charge in [0.05, 0.1) is 6.61 Å². The molecule has 1 aromatic heterocycles. The van der Waals surface area contributed by atoms with Crippen LogP contribution in [0, 0.1) is 6.92 Å². The summed E-state index contributed by atoms with van der Waals surface area (Å²) in [5.41, 5.74) is 2.12. The summed E-state index contributed by atoms with van der Waals surface area (Å²) in [6.45, 7) is 8.97. The van der Waals surface area contributed by atoms with Gasteiger partial charge in [0.15, 0.2) is 0 Å². The van der Waals surface area contributed by atoms with Crippen LogP contribution in [0.2, 0.25) is 0 Å². The highest BCUT2D eigenvalue weighted by molar-refractivity contribution is 5.28. The molecule has 0 aliphatic rings. The molecule has 0 aliphatic heterocycles. The van der Waals surface area contributed by atoms with Gasteiger partial charge in [0.2, 0.25) is 0 Å². The van der Waals surface area contributed by atoms with E-state index in [4.69, 9.17) is 4.74 Å². The monoisotopic (exact) mass is 179 g/mol. The lowest BCUT2D eigenvalue weighted by Crippen LogP contribution is -1.98. The molecule has 0 saturated heterocycles. The maximum Gasteiger partial charge on any atom is 0.122 e.